The lowest BCUT2D eigenvalue weighted by molar-refractivity contribution is 0.660. The highest BCUT2D eigenvalue weighted by atomic mass is 15.1. The zero-order chi connectivity index (χ0) is 31.5. The largest absolute Gasteiger partial charge is 0.310 e. The molecule has 0 N–H and O–H groups in total. The third-order valence-electron chi connectivity index (χ3n) is 9.86. The van der Waals surface area contributed by atoms with Crippen LogP contribution in [-0.2, 0) is 5.41 Å². The van der Waals surface area contributed by atoms with E-state index in [0.717, 1.165) is 28.3 Å². The van der Waals surface area contributed by atoms with Gasteiger partial charge in [-0.2, -0.15) is 0 Å². The van der Waals surface area contributed by atoms with Crippen molar-refractivity contribution in [2.24, 2.45) is 0 Å². The summed E-state index contributed by atoms with van der Waals surface area (Å²) in [5, 5.41) is 2.42. The number of para-hydroxylation sites is 2. The summed E-state index contributed by atoms with van der Waals surface area (Å²) in [4.78, 5) is 2.36. The van der Waals surface area contributed by atoms with Crippen LogP contribution in [0.5, 0.6) is 0 Å². The smallest absolute Gasteiger partial charge is 0.105 e. The van der Waals surface area contributed by atoms with E-state index < -0.39 is 0 Å². The molecule has 0 bridgehead atoms. The predicted octanol–water partition coefficient (Wildman–Crippen LogP) is 11.8. The van der Waals surface area contributed by atoms with Crippen molar-refractivity contribution in [1.82, 2.24) is 4.57 Å². The van der Waals surface area contributed by atoms with Crippen LogP contribution in [0.1, 0.15) is 25.0 Å². The summed E-state index contributed by atoms with van der Waals surface area (Å²) >= 11 is 0. The number of benzene rings is 6. The van der Waals surface area contributed by atoms with E-state index in [0.29, 0.717) is 0 Å². The molecule has 7 aromatic carbocycles. The molecule has 0 radical (unpaired) electrons. The minimum atomic E-state index is -0.0597. The molecular weight excluding hydrogens is 569 g/mol. The summed E-state index contributed by atoms with van der Waals surface area (Å²) in [5.74, 6) is 0. The number of rotatable bonds is 5. The highest BCUT2D eigenvalue weighted by Crippen LogP contribution is 2.50. The maximum Gasteiger partial charge on any atom is 0.105 e. The monoisotopic (exact) mass is 600 g/mol. The molecule has 2 heteroatoms. The molecule has 8 aromatic rings. The fourth-order valence-corrected chi connectivity index (χ4v) is 7.52. The first-order chi connectivity index (χ1) is 23.1. The molecule has 0 saturated carbocycles. The van der Waals surface area contributed by atoms with Gasteiger partial charge < -0.3 is 9.47 Å². The minimum Gasteiger partial charge on any atom is -0.310 e. The van der Waals surface area contributed by atoms with Crippen LogP contribution in [-0.4, -0.2) is 4.57 Å². The molecule has 2 nitrogen and oxygen atoms in total. The molecule has 0 saturated heterocycles. The molecule has 0 spiro atoms. The number of fused-ring (bicyclic) bond motifs is 6. The first-order valence-electron chi connectivity index (χ1n) is 16.2. The van der Waals surface area contributed by atoms with E-state index in [9.17, 15) is 0 Å². The fraction of sp³-hybridized carbons (Fsp3) is 0.0667. The van der Waals surface area contributed by atoms with Crippen LogP contribution in [0, 0.1) is 12.1 Å². The summed E-state index contributed by atoms with van der Waals surface area (Å²) in [6.07, 6.45) is 0. The number of hydrogen-bond donors (Lipinski definition) is 0. The lowest BCUT2D eigenvalue weighted by Crippen LogP contribution is -2.16. The van der Waals surface area contributed by atoms with E-state index in [-0.39, 0.29) is 5.41 Å². The Balaban J connectivity index is 1.08. The van der Waals surface area contributed by atoms with E-state index in [4.69, 9.17) is 0 Å². The van der Waals surface area contributed by atoms with Crippen LogP contribution in [0.25, 0.3) is 49.7 Å². The van der Waals surface area contributed by atoms with E-state index in [1.54, 1.807) is 0 Å². The first kappa shape index (κ1) is 27.3. The quantitative estimate of drug-likeness (QED) is 0.191. The molecule has 0 unspecified atom stereocenters. The molecule has 222 valence electrons. The summed E-state index contributed by atoms with van der Waals surface area (Å²) < 4.78 is 2.28. The van der Waals surface area contributed by atoms with Crippen molar-refractivity contribution in [1.29, 1.82) is 0 Å². The van der Waals surface area contributed by atoms with Gasteiger partial charge in [0.2, 0.25) is 0 Å². The Morgan fingerprint density at radius 3 is 1.98 bits per heavy atom. The summed E-state index contributed by atoms with van der Waals surface area (Å²) in [5.41, 5.74) is 14.5. The van der Waals surface area contributed by atoms with Crippen LogP contribution >= 0.6 is 0 Å². The Labute approximate surface area is 275 Å². The van der Waals surface area contributed by atoms with Crippen molar-refractivity contribution in [3.05, 3.63) is 181 Å². The highest BCUT2D eigenvalue weighted by molar-refractivity contribution is 6.08. The van der Waals surface area contributed by atoms with Gasteiger partial charge in [0.05, 0.1) is 5.52 Å². The second-order valence-corrected chi connectivity index (χ2v) is 12.9. The second kappa shape index (κ2) is 10.5. The standard InChI is InChI=1S/C45H32N2/c1-45(2)41-17-9-6-14-37(41)38-29-28-36(30-42(38)45)46(33-12-4-3-5-13-33)34-24-20-31(21-25-34)32-22-26-35(27-23-32)47-43-18-10-7-15-39(43)40-16-8-11-19-44(40)47/h3-10,12-18,20-30H,1-2H3. The first-order valence-corrected chi connectivity index (χ1v) is 16.2. The number of anilines is 3. The molecule has 1 heterocycles. The summed E-state index contributed by atoms with van der Waals surface area (Å²) in [6.45, 7) is 4.68. The number of aromatic nitrogens is 1. The van der Waals surface area contributed by atoms with E-state index >= 15 is 0 Å². The van der Waals surface area contributed by atoms with Gasteiger partial charge >= 0.3 is 0 Å². The van der Waals surface area contributed by atoms with Crippen LogP contribution in [0.15, 0.2) is 158 Å². The molecule has 0 fully saturated rings. The van der Waals surface area contributed by atoms with Gasteiger partial charge in [-0.05, 0) is 106 Å². The summed E-state index contributed by atoms with van der Waals surface area (Å²) in [7, 11) is 0. The number of nitrogens with zero attached hydrogens (tertiary/aromatic N) is 2. The maximum absolute atomic E-state index is 3.35. The van der Waals surface area contributed by atoms with Crippen molar-refractivity contribution < 1.29 is 0 Å². The van der Waals surface area contributed by atoms with Gasteiger partial charge in [-0.15, -0.1) is 0 Å². The van der Waals surface area contributed by atoms with Crippen molar-refractivity contribution in [2.75, 3.05) is 4.90 Å². The molecule has 1 aliphatic carbocycles. The van der Waals surface area contributed by atoms with Gasteiger partial charge in [0.15, 0.2) is 0 Å². The zero-order valence-electron chi connectivity index (χ0n) is 26.4. The van der Waals surface area contributed by atoms with E-state index in [2.05, 4.69) is 187 Å². The average molecular weight is 601 g/mol. The Morgan fingerprint density at radius 1 is 0.532 bits per heavy atom. The van der Waals surface area contributed by atoms with E-state index in [1.807, 2.05) is 6.07 Å². The van der Waals surface area contributed by atoms with Crippen molar-refractivity contribution in [3.63, 3.8) is 0 Å². The van der Waals surface area contributed by atoms with E-state index in [1.165, 1.54) is 49.7 Å². The Kier molecular flexibility index (Phi) is 6.10. The minimum absolute atomic E-state index is 0.0597. The zero-order valence-corrected chi connectivity index (χ0v) is 26.4. The SMILES string of the molecule is CC1(C)c2ccccc2-c2ccc(N(c3ccccc3)c3ccc(-c4ccc(-n5c6c#cccc6c6ccccc65)cc4)cc3)cc21. The Morgan fingerprint density at radius 2 is 1.17 bits per heavy atom. The topological polar surface area (TPSA) is 8.17 Å². The summed E-state index contributed by atoms with van der Waals surface area (Å²) in [6, 6.07) is 63.3. The maximum atomic E-state index is 3.35. The molecule has 1 aliphatic rings. The highest BCUT2D eigenvalue weighted by Gasteiger charge is 2.35. The van der Waals surface area contributed by atoms with Crippen LogP contribution in [0.4, 0.5) is 17.1 Å². The third kappa shape index (κ3) is 4.28. The lowest BCUT2D eigenvalue weighted by Gasteiger charge is -2.28. The van der Waals surface area contributed by atoms with Crippen molar-refractivity contribution in [2.45, 2.75) is 19.3 Å². The van der Waals surface area contributed by atoms with Gasteiger partial charge in [0, 0.05) is 38.9 Å². The average Bonchev–Trinajstić information content (AvgIpc) is 3.58. The molecule has 0 aliphatic heterocycles. The third-order valence-corrected chi connectivity index (χ3v) is 9.86. The molecule has 47 heavy (non-hydrogen) atoms. The molecule has 9 rings (SSSR count). The van der Waals surface area contributed by atoms with Crippen molar-refractivity contribution in [3.8, 4) is 27.9 Å². The normalized spacial score (nSPS) is 12.9. The van der Waals surface area contributed by atoms with Crippen LogP contribution < -0.4 is 4.90 Å². The Bertz CT molecular complexity index is 2360. The van der Waals surface area contributed by atoms with Gasteiger partial charge in [0.25, 0.3) is 0 Å². The second-order valence-electron chi connectivity index (χ2n) is 12.9. The fourth-order valence-electron chi connectivity index (χ4n) is 7.52. The van der Waals surface area contributed by atoms with Crippen molar-refractivity contribution >= 4 is 38.9 Å². The van der Waals surface area contributed by atoms with Gasteiger partial charge in [-0.1, -0.05) is 111 Å². The molecular formula is C45H32N2. The molecule has 0 amide bonds. The van der Waals surface area contributed by atoms with Gasteiger partial charge in [-0.3, -0.25) is 0 Å². The molecule has 0 atom stereocenters. The Hall–Kier alpha value is -6.04. The van der Waals surface area contributed by atoms with Gasteiger partial charge in [0.1, 0.15) is 5.52 Å². The lowest BCUT2D eigenvalue weighted by atomic mass is 9.82. The van der Waals surface area contributed by atoms with Crippen LogP contribution in [0.2, 0.25) is 0 Å². The van der Waals surface area contributed by atoms with Gasteiger partial charge in [-0.25, -0.2) is 0 Å². The van der Waals surface area contributed by atoms with Crippen LogP contribution in [0.3, 0.4) is 0 Å². The molecule has 1 aromatic heterocycles. The number of hydrogen-bond acceptors (Lipinski definition) is 1. The predicted molar refractivity (Wildman–Crippen MR) is 196 cm³/mol.